The fraction of sp³-hybridized carbons (Fsp3) is 0.625. The highest BCUT2D eigenvalue weighted by Crippen LogP contribution is 2.20. The van der Waals surface area contributed by atoms with E-state index < -0.39 is 10.0 Å². The second kappa shape index (κ2) is 7.92. The first-order valence-electron chi connectivity index (χ1n) is 7.88. The fourth-order valence-corrected chi connectivity index (χ4v) is 4.25. The first-order valence-corrected chi connectivity index (χ1v) is 9.32. The van der Waals surface area contributed by atoms with Gasteiger partial charge in [-0.2, -0.15) is 4.31 Å². The minimum Gasteiger partial charge on any atom is -0.320 e. The van der Waals surface area contributed by atoms with Crippen LogP contribution in [0.4, 0.5) is 0 Å². The van der Waals surface area contributed by atoms with E-state index in [1.807, 2.05) is 19.2 Å². The minimum atomic E-state index is -3.31. The van der Waals surface area contributed by atoms with Crippen LogP contribution in [-0.4, -0.2) is 39.4 Å². The Morgan fingerprint density at radius 2 is 1.67 bits per heavy atom. The van der Waals surface area contributed by atoms with Crippen molar-refractivity contribution in [3.05, 3.63) is 29.8 Å². The Hall–Kier alpha value is -0.910. The minimum absolute atomic E-state index is 0.432. The third-order valence-corrected chi connectivity index (χ3v) is 5.93. The molecular formula is C16H26N2O2S. The summed E-state index contributed by atoms with van der Waals surface area (Å²) in [5.74, 6) is 0. The van der Waals surface area contributed by atoms with Crippen LogP contribution < -0.4 is 5.32 Å². The van der Waals surface area contributed by atoms with Gasteiger partial charge in [0.25, 0.3) is 0 Å². The van der Waals surface area contributed by atoms with Gasteiger partial charge in [-0.05, 0) is 57.0 Å². The van der Waals surface area contributed by atoms with Gasteiger partial charge in [0.15, 0.2) is 0 Å². The fourth-order valence-electron chi connectivity index (χ4n) is 2.73. The summed E-state index contributed by atoms with van der Waals surface area (Å²) in [6.07, 6.45) is 6.26. The van der Waals surface area contributed by atoms with E-state index in [2.05, 4.69) is 5.32 Å². The van der Waals surface area contributed by atoms with Crippen molar-refractivity contribution in [1.29, 1.82) is 0 Å². The number of rotatable bonds is 6. The van der Waals surface area contributed by atoms with Crippen LogP contribution >= 0.6 is 0 Å². The van der Waals surface area contributed by atoms with Crippen molar-refractivity contribution in [1.82, 2.24) is 9.62 Å². The van der Waals surface area contributed by atoms with Crippen molar-refractivity contribution in [3.8, 4) is 0 Å². The standard InChI is InChI=1S/C16H26N2O2S/c1-17-12-6-7-15-8-10-16(11-9-15)21(19,20)18-13-4-2-3-5-14-18/h8-11,17H,2-7,12-14H2,1H3. The SMILES string of the molecule is CNCCCc1ccc(S(=O)(=O)N2CCCCCC2)cc1. The van der Waals surface area contributed by atoms with Crippen molar-refractivity contribution >= 4 is 10.0 Å². The highest BCUT2D eigenvalue weighted by atomic mass is 32.2. The van der Waals surface area contributed by atoms with Gasteiger partial charge in [-0.3, -0.25) is 0 Å². The molecule has 0 aromatic heterocycles. The van der Waals surface area contributed by atoms with Crippen LogP contribution in [0.1, 0.15) is 37.7 Å². The first-order chi connectivity index (χ1) is 10.1. The second-order valence-corrected chi connectivity index (χ2v) is 7.61. The van der Waals surface area contributed by atoms with Gasteiger partial charge in [-0.1, -0.05) is 25.0 Å². The normalized spacial score (nSPS) is 17.6. The van der Waals surface area contributed by atoms with Crippen LogP contribution in [-0.2, 0) is 16.4 Å². The Labute approximate surface area is 128 Å². The molecule has 118 valence electrons. The molecule has 0 aliphatic carbocycles. The number of sulfonamides is 1. The maximum absolute atomic E-state index is 12.6. The molecule has 0 unspecified atom stereocenters. The lowest BCUT2D eigenvalue weighted by molar-refractivity contribution is 0.423. The number of hydrogen-bond acceptors (Lipinski definition) is 3. The molecule has 0 radical (unpaired) electrons. The molecule has 0 amide bonds. The van der Waals surface area contributed by atoms with E-state index >= 15 is 0 Å². The monoisotopic (exact) mass is 310 g/mol. The summed E-state index contributed by atoms with van der Waals surface area (Å²) >= 11 is 0. The lowest BCUT2D eigenvalue weighted by Gasteiger charge is -2.20. The molecule has 1 aromatic carbocycles. The number of aryl methyl sites for hydroxylation is 1. The molecule has 1 aliphatic heterocycles. The molecule has 1 fully saturated rings. The smallest absolute Gasteiger partial charge is 0.243 e. The number of nitrogens with zero attached hydrogens (tertiary/aromatic N) is 1. The van der Waals surface area contributed by atoms with Gasteiger partial charge >= 0.3 is 0 Å². The zero-order valence-electron chi connectivity index (χ0n) is 12.8. The predicted octanol–water partition coefficient (Wildman–Crippen LogP) is 2.40. The van der Waals surface area contributed by atoms with Crippen molar-refractivity contribution < 1.29 is 8.42 Å². The van der Waals surface area contributed by atoms with E-state index in [0.717, 1.165) is 45.1 Å². The average molecular weight is 310 g/mol. The van der Waals surface area contributed by atoms with E-state index in [0.29, 0.717) is 18.0 Å². The summed E-state index contributed by atoms with van der Waals surface area (Å²) < 4.78 is 26.9. The summed E-state index contributed by atoms with van der Waals surface area (Å²) in [7, 11) is -1.36. The lowest BCUT2D eigenvalue weighted by atomic mass is 10.1. The zero-order valence-corrected chi connectivity index (χ0v) is 13.7. The van der Waals surface area contributed by atoms with Crippen LogP contribution in [0.15, 0.2) is 29.2 Å². The molecule has 1 N–H and O–H groups in total. The molecule has 4 nitrogen and oxygen atoms in total. The van der Waals surface area contributed by atoms with Gasteiger partial charge in [-0.15, -0.1) is 0 Å². The Morgan fingerprint density at radius 1 is 1.05 bits per heavy atom. The summed E-state index contributed by atoms with van der Waals surface area (Å²) in [5.41, 5.74) is 1.19. The molecule has 1 aromatic rings. The van der Waals surface area contributed by atoms with Gasteiger partial charge in [0.05, 0.1) is 4.90 Å². The van der Waals surface area contributed by atoms with Gasteiger partial charge < -0.3 is 5.32 Å². The van der Waals surface area contributed by atoms with Gasteiger partial charge in [0.1, 0.15) is 0 Å². The van der Waals surface area contributed by atoms with Gasteiger partial charge in [0, 0.05) is 13.1 Å². The molecular weight excluding hydrogens is 284 g/mol. The molecule has 0 bridgehead atoms. The van der Waals surface area contributed by atoms with Crippen LogP contribution in [0.5, 0.6) is 0 Å². The van der Waals surface area contributed by atoms with Gasteiger partial charge in [0.2, 0.25) is 10.0 Å². The van der Waals surface area contributed by atoms with Crippen molar-refractivity contribution in [3.63, 3.8) is 0 Å². The Morgan fingerprint density at radius 3 is 2.24 bits per heavy atom. The average Bonchev–Trinajstić information content (AvgIpc) is 2.78. The second-order valence-electron chi connectivity index (χ2n) is 5.67. The topological polar surface area (TPSA) is 49.4 Å². The van der Waals surface area contributed by atoms with Crippen LogP contribution in [0, 0.1) is 0 Å². The predicted molar refractivity (Wildman–Crippen MR) is 85.9 cm³/mol. The number of nitrogens with one attached hydrogen (secondary N) is 1. The maximum Gasteiger partial charge on any atom is 0.243 e. The molecule has 1 saturated heterocycles. The molecule has 21 heavy (non-hydrogen) atoms. The molecule has 2 rings (SSSR count). The molecule has 1 heterocycles. The Balaban J connectivity index is 2.05. The summed E-state index contributed by atoms with van der Waals surface area (Å²) in [4.78, 5) is 0.432. The quantitative estimate of drug-likeness (QED) is 0.821. The lowest BCUT2D eigenvalue weighted by Crippen LogP contribution is -2.31. The van der Waals surface area contributed by atoms with E-state index in [1.54, 1.807) is 16.4 Å². The molecule has 0 spiro atoms. The van der Waals surface area contributed by atoms with E-state index in [-0.39, 0.29) is 0 Å². The van der Waals surface area contributed by atoms with Crippen LogP contribution in [0.3, 0.4) is 0 Å². The zero-order chi connectivity index (χ0) is 15.1. The third-order valence-electron chi connectivity index (χ3n) is 4.02. The number of benzene rings is 1. The molecule has 0 saturated carbocycles. The van der Waals surface area contributed by atoms with E-state index in [1.165, 1.54) is 5.56 Å². The first kappa shape index (κ1) is 16.5. The molecule has 0 atom stereocenters. The van der Waals surface area contributed by atoms with E-state index in [9.17, 15) is 8.42 Å². The molecule has 5 heteroatoms. The maximum atomic E-state index is 12.6. The Kier molecular flexibility index (Phi) is 6.21. The van der Waals surface area contributed by atoms with Gasteiger partial charge in [-0.25, -0.2) is 8.42 Å². The third kappa shape index (κ3) is 4.53. The summed E-state index contributed by atoms with van der Waals surface area (Å²) in [6.45, 7) is 2.30. The Bertz CT molecular complexity index is 518. The van der Waals surface area contributed by atoms with Crippen molar-refractivity contribution in [2.24, 2.45) is 0 Å². The summed E-state index contributed by atoms with van der Waals surface area (Å²) in [5, 5.41) is 3.12. The largest absolute Gasteiger partial charge is 0.320 e. The highest BCUT2D eigenvalue weighted by molar-refractivity contribution is 7.89. The number of hydrogen-bond donors (Lipinski definition) is 1. The van der Waals surface area contributed by atoms with Crippen molar-refractivity contribution in [2.45, 2.75) is 43.4 Å². The molecule has 1 aliphatic rings. The summed E-state index contributed by atoms with van der Waals surface area (Å²) in [6, 6.07) is 7.41. The van der Waals surface area contributed by atoms with Crippen molar-refractivity contribution in [2.75, 3.05) is 26.7 Å². The van der Waals surface area contributed by atoms with Crippen LogP contribution in [0.25, 0.3) is 0 Å². The highest BCUT2D eigenvalue weighted by Gasteiger charge is 2.24. The van der Waals surface area contributed by atoms with Crippen LogP contribution in [0.2, 0.25) is 0 Å². The van der Waals surface area contributed by atoms with E-state index in [4.69, 9.17) is 0 Å².